The van der Waals surface area contributed by atoms with Crippen molar-refractivity contribution in [1.82, 2.24) is 0 Å². The second-order valence-electron chi connectivity index (χ2n) is 3.47. The Hall–Kier alpha value is -1.75. The zero-order chi connectivity index (χ0) is 12.8. The lowest BCUT2D eigenvalue weighted by Gasteiger charge is -2.18. The minimum absolute atomic E-state index is 0.543. The number of esters is 1. The lowest BCUT2D eigenvalue weighted by molar-refractivity contribution is -0.154. The number of hydrogen-bond acceptors (Lipinski definition) is 5. The number of methoxy groups -OCH3 is 2. The molecule has 0 aliphatic carbocycles. The van der Waals surface area contributed by atoms with Gasteiger partial charge in [-0.3, -0.25) is 0 Å². The average Bonchev–Trinajstić information content (AvgIpc) is 2.37. The Morgan fingerprint density at radius 3 is 2.18 bits per heavy atom. The summed E-state index contributed by atoms with van der Waals surface area (Å²) in [6.45, 7) is 1.59. The largest absolute Gasteiger partial charge is 0.497 e. The van der Waals surface area contributed by atoms with E-state index in [-0.39, 0.29) is 0 Å². The molecule has 0 aliphatic rings. The number of benzene rings is 1. The van der Waals surface area contributed by atoms with Crippen LogP contribution in [0.4, 0.5) is 0 Å². The first-order valence-electron chi connectivity index (χ1n) is 5.15. The Morgan fingerprint density at radius 1 is 1.18 bits per heavy atom. The third-order valence-electron chi connectivity index (χ3n) is 2.27. The molecule has 0 fully saturated rings. The third kappa shape index (κ3) is 3.64. The maximum atomic E-state index is 11.1. The lowest BCUT2D eigenvalue weighted by atomic mass is 10.2. The van der Waals surface area contributed by atoms with Gasteiger partial charge in [-0.2, -0.15) is 0 Å². The van der Waals surface area contributed by atoms with Gasteiger partial charge in [-0.25, -0.2) is 4.79 Å². The van der Waals surface area contributed by atoms with Crippen LogP contribution in [0.5, 0.6) is 11.5 Å². The lowest BCUT2D eigenvalue weighted by Crippen LogP contribution is -2.36. The molecule has 94 valence electrons. The average molecular weight is 240 g/mol. The zero-order valence-corrected chi connectivity index (χ0v) is 10.0. The Kier molecular flexibility index (Phi) is 4.78. The van der Waals surface area contributed by atoms with Crippen molar-refractivity contribution in [2.75, 3.05) is 14.2 Å². The molecule has 2 atom stereocenters. The number of aliphatic hydroxyl groups excluding tert-OH is 1. The van der Waals surface area contributed by atoms with Crippen molar-refractivity contribution in [2.24, 2.45) is 0 Å². The van der Waals surface area contributed by atoms with E-state index in [1.165, 1.54) is 7.11 Å². The van der Waals surface area contributed by atoms with Crippen LogP contribution in [0.15, 0.2) is 24.3 Å². The molecule has 0 amide bonds. The molecular weight excluding hydrogens is 224 g/mol. The molecule has 1 aromatic carbocycles. The van der Waals surface area contributed by atoms with E-state index in [0.717, 1.165) is 0 Å². The maximum absolute atomic E-state index is 11.1. The van der Waals surface area contributed by atoms with Gasteiger partial charge in [0.15, 0.2) is 6.10 Å². The standard InChI is InChI=1S/C12H16O5/c1-8(11(13)12(14)16-3)17-10-6-4-9(15-2)5-7-10/h4-8,11,13H,1-3H3/t8-,11-/m1/s1. The van der Waals surface area contributed by atoms with Gasteiger partial charge in [0.2, 0.25) is 0 Å². The molecule has 1 N–H and O–H groups in total. The highest BCUT2D eigenvalue weighted by Gasteiger charge is 2.24. The minimum atomic E-state index is -1.30. The number of rotatable bonds is 5. The van der Waals surface area contributed by atoms with Crippen LogP contribution in [-0.4, -0.2) is 37.5 Å². The summed E-state index contributed by atoms with van der Waals surface area (Å²) in [5.74, 6) is 0.533. The van der Waals surface area contributed by atoms with Crippen LogP contribution < -0.4 is 9.47 Å². The molecule has 5 heteroatoms. The Balaban J connectivity index is 2.60. The minimum Gasteiger partial charge on any atom is -0.497 e. The summed E-state index contributed by atoms with van der Waals surface area (Å²) in [7, 11) is 2.78. The molecule has 5 nitrogen and oxygen atoms in total. The maximum Gasteiger partial charge on any atom is 0.338 e. The van der Waals surface area contributed by atoms with Gasteiger partial charge >= 0.3 is 5.97 Å². The summed E-state index contributed by atoms with van der Waals surface area (Å²) in [5, 5.41) is 9.52. The molecular formula is C12H16O5. The molecule has 0 aliphatic heterocycles. The fraction of sp³-hybridized carbons (Fsp3) is 0.417. The normalized spacial score (nSPS) is 13.6. The zero-order valence-electron chi connectivity index (χ0n) is 10.0. The summed E-state index contributed by atoms with van der Waals surface area (Å²) in [6, 6.07) is 6.85. The van der Waals surface area contributed by atoms with Crippen molar-refractivity contribution in [2.45, 2.75) is 19.1 Å². The number of aliphatic hydroxyl groups is 1. The summed E-state index contributed by atoms with van der Waals surface area (Å²) in [5.41, 5.74) is 0. The monoisotopic (exact) mass is 240 g/mol. The highest BCUT2D eigenvalue weighted by Crippen LogP contribution is 2.18. The fourth-order valence-electron chi connectivity index (χ4n) is 1.25. The van der Waals surface area contributed by atoms with Crippen LogP contribution >= 0.6 is 0 Å². The van der Waals surface area contributed by atoms with Crippen molar-refractivity contribution < 1.29 is 24.1 Å². The highest BCUT2D eigenvalue weighted by molar-refractivity contribution is 5.74. The Labute approximate surface area is 99.9 Å². The van der Waals surface area contributed by atoms with Gasteiger partial charge < -0.3 is 19.3 Å². The van der Waals surface area contributed by atoms with Crippen molar-refractivity contribution in [3.8, 4) is 11.5 Å². The Bertz CT molecular complexity index is 360. The van der Waals surface area contributed by atoms with Crippen molar-refractivity contribution in [1.29, 1.82) is 0 Å². The van der Waals surface area contributed by atoms with Crippen LogP contribution in [-0.2, 0) is 9.53 Å². The van der Waals surface area contributed by atoms with Crippen LogP contribution in [0.2, 0.25) is 0 Å². The van der Waals surface area contributed by atoms with Gasteiger partial charge in [-0.05, 0) is 31.2 Å². The first kappa shape index (κ1) is 13.3. The molecule has 0 aromatic heterocycles. The fourth-order valence-corrected chi connectivity index (χ4v) is 1.25. The van der Waals surface area contributed by atoms with Gasteiger partial charge in [-0.1, -0.05) is 0 Å². The second-order valence-corrected chi connectivity index (χ2v) is 3.47. The van der Waals surface area contributed by atoms with Gasteiger partial charge in [-0.15, -0.1) is 0 Å². The summed E-state index contributed by atoms with van der Waals surface area (Å²) < 4.78 is 14.8. The van der Waals surface area contributed by atoms with E-state index < -0.39 is 18.2 Å². The number of ether oxygens (including phenoxy) is 3. The van der Waals surface area contributed by atoms with E-state index in [9.17, 15) is 9.90 Å². The van der Waals surface area contributed by atoms with Crippen molar-refractivity contribution in [3.63, 3.8) is 0 Å². The molecule has 1 rings (SSSR count). The predicted octanol–water partition coefficient (Wildman–Crippen LogP) is 0.996. The van der Waals surface area contributed by atoms with Crippen LogP contribution in [0.3, 0.4) is 0 Å². The number of carbonyl (C=O) groups is 1. The van der Waals surface area contributed by atoms with Crippen LogP contribution in [0.25, 0.3) is 0 Å². The van der Waals surface area contributed by atoms with Gasteiger partial charge in [0.05, 0.1) is 14.2 Å². The molecule has 17 heavy (non-hydrogen) atoms. The second kappa shape index (κ2) is 6.10. The topological polar surface area (TPSA) is 65.0 Å². The molecule has 0 spiro atoms. The molecule has 0 bridgehead atoms. The van der Waals surface area contributed by atoms with Crippen molar-refractivity contribution in [3.05, 3.63) is 24.3 Å². The molecule has 0 unspecified atom stereocenters. The van der Waals surface area contributed by atoms with Gasteiger partial charge in [0.25, 0.3) is 0 Å². The van der Waals surface area contributed by atoms with E-state index in [0.29, 0.717) is 11.5 Å². The molecule has 0 saturated carbocycles. The van der Waals surface area contributed by atoms with Crippen LogP contribution in [0, 0.1) is 0 Å². The van der Waals surface area contributed by atoms with Crippen LogP contribution in [0.1, 0.15) is 6.92 Å². The number of hydrogen-bond donors (Lipinski definition) is 1. The number of carbonyl (C=O) groups excluding carboxylic acids is 1. The summed E-state index contributed by atoms with van der Waals surface area (Å²) >= 11 is 0. The quantitative estimate of drug-likeness (QED) is 0.778. The SMILES string of the molecule is COC(=O)[C@H](O)[C@@H](C)Oc1ccc(OC)cc1. The van der Waals surface area contributed by atoms with Gasteiger partial charge in [0.1, 0.15) is 17.6 Å². The Morgan fingerprint density at radius 2 is 1.71 bits per heavy atom. The van der Waals surface area contributed by atoms with Gasteiger partial charge in [0, 0.05) is 0 Å². The van der Waals surface area contributed by atoms with E-state index in [1.807, 2.05) is 0 Å². The molecule has 0 heterocycles. The van der Waals surface area contributed by atoms with Crippen molar-refractivity contribution >= 4 is 5.97 Å². The third-order valence-corrected chi connectivity index (χ3v) is 2.27. The summed E-state index contributed by atoms with van der Waals surface area (Å²) in [6.07, 6.45) is -1.99. The molecule has 0 radical (unpaired) electrons. The van der Waals surface area contributed by atoms with E-state index >= 15 is 0 Å². The highest BCUT2D eigenvalue weighted by atomic mass is 16.6. The molecule has 0 saturated heterocycles. The smallest absolute Gasteiger partial charge is 0.338 e. The molecule has 1 aromatic rings. The van der Waals surface area contributed by atoms with E-state index in [2.05, 4.69) is 4.74 Å². The van der Waals surface area contributed by atoms with E-state index in [1.54, 1.807) is 38.3 Å². The van der Waals surface area contributed by atoms with E-state index in [4.69, 9.17) is 9.47 Å². The predicted molar refractivity (Wildman–Crippen MR) is 61.1 cm³/mol. The summed E-state index contributed by atoms with van der Waals surface area (Å²) in [4.78, 5) is 11.1. The first-order valence-corrected chi connectivity index (χ1v) is 5.15. The first-order chi connectivity index (χ1) is 8.08.